The number of carbonyl (C=O) groups is 2. The zero-order chi connectivity index (χ0) is 15.4. The summed E-state index contributed by atoms with van der Waals surface area (Å²) < 4.78 is 9.17. The van der Waals surface area contributed by atoms with E-state index in [9.17, 15) is 14.7 Å². The maximum Gasteiger partial charge on any atom is 0.407 e. The van der Waals surface area contributed by atoms with Gasteiger partial charge in [-0.05, 0) is 23.8 Å². The molecule has 1 atom stereocenters. The summed E-state index contributed by atoms with van der Waals surface area (Å²) in [4.78, 5) is 26.1. The van der Waals surface area contributed by atoms with Gasteiger partial charge in [0.2, 0.25) is 0 Å². The van der Waals surface area contributed by atoms with Gasteiger partial charge in [0.15, 0.2) is 0 Å². The Kier molecular flexibility index (Phi) is 4.32. The van der Waals surface area contributed by atoms with Crippen molar-refractivity contribution >= 4 is 23.0 Å². The third-order valence-electron chi connectivity index (χ3n) is 3.14. The molecule has 0 aliphatic carbocycles. The molecule has 2 aromatic rings. The molecule has 0 saturated heterocycles. The predicted octanol–water partition coefficient (Wildman–Crippen LogP) is 1.31. The van der Waals surface area contributed by atoms with Gasteiger partial charge in [-0.2, -0.15) is 0 Å². The van der Waals surface area contributed by atoms with Gasteiger partial charge in [-0.3, -0.25) is 0 Å². The summed E-state index contributed by atoms with van der Waals surface area (Å²) in [5, 5.41) is 12.7. The van der Waals surface area contributed by atoms with Crippen LogP contribution in [0, 0.1) is 0 Å². The summed E-state index contributed by atoms with van der Waals surface area (Å²) in [6.07, 6.45) is 1.22. The van der Waals surface area contributed by atoms with Crippen LogP contribution in [0.15, 0.2) is 24.4 Å². The van der Waals surface area contributed by atoms with Gasteiger partial charge in [0.05, 0.1) is 14.2 Å². The number of amides is 1. The average molecular weight is 292 g/mol. The van der Waals surface area contributed by atoms with E-state index in [-0.39, 0.29) is 12.2 Å². The highest BCUT2D eigenvalue weighted by atomic mass is 16.5. The molecule has 0 spiro atoms. The van der Waals surface area contributed by atoms with Crippen LogP contribution in [-0.4, -0.2) is 42.4 Å². The van der Waals surface area contributed by atoms with E-state index in [0.717, 1.165) is 16.5 Å². The van der Waals surface area contributed by atoms with E-state index < -0.39 is 18.1 Å². The summed E-state index contributed by atoms with van der Waals surface area (Å²) in [5.74, 6) is -0.450. The topological polar surface area (TPSA) is 101 Å². The number of nitrogens with one attached hydrogen (secondary N) is 2. The van der Waals surface area contributed by atoms with Crippen molar-refractivity contribution in [3.8, 4) is 5.75 Å². The highest BCUT2D eigenvalue weighted by Gasteiger charge is 2.23. The number of benzene rings is 1. The largest absolute Gasteiger partial charge is 0.508 e. The number of esters is 1. The molecule has 0 bridgehead atoms. The number of fused-ring (bicyclic) bond motifs is 1. The molecule has 1 aromatic heterocycles. The van der Waals surface area contributed by atoms with E-state index in [2.05, 4.69) is 19.8 Å². The van der Waals surface area contributed by atoms with Gasteiger partial charge in [0, 0.05) is 23.5 Å². The molecule has 7 heteroatoms. The number of aromatic hydroxyl groups is 1. The van der Waals surface area contributed by atoms with Crippen LogP contribution in [0.25, 0.3) is 10.9 Å². The van der Waals surface area contributed by atoms with Crippen molar-refractivity contribution in [1.82, 2.24) is 10.3 Å². The molecule has 0 saturated carbocycles. The maximum absolute atomic E-state index is 11.7. The van der Waals surface area contributed by atoms with Gasteiger partial charge < -0.3 is 24.9 Å². The van der Waals surface area contributed by atoms with E-state index in [0.29, 0.717) is 0 Å². The Morgan fingerprint density at radius 1 is 1.33 bits per heavy atom. The zero-order valence-corrected chi connectivity index (χ0v) is 11.7. The lowest BCUT2D eigenvalue weighted by molar-refractivity contribution is -0.142. The number of aromatic nitrogens is 1. The number of ether oxygens (including phenoxy) is 2. The van der Waals surface area contributed by atoms with Crippen LogP contribution in [0.3, 0.4) is 0 Å². The molecule has 21 heavy (non-hydrogen) atoms. The second kappa shape index (κ2) is 6.17. The fourth-order valence-corrected chi connectivity index (χ4v) is 2.09. The summed E-state index contributed by atoms with van der Waals surface area (Å²) >= 11 is 0. The minimum Gasteiger partial charge on any atom is -0.508 e. The molecule has 0 aliphatic rings. The first-order chi connectivity index (χ1) is 10.0. The number of rotatable bonds is 4. The number of phenols is 1. The molecule has 1 amide bonds. The summed E-state index contributed by atoms with van der Waals surface area (Å²) in [5.41, 5.74) is 1.59. The number of alkyl carbamates (subject to hydrolysis) is 1. The normalized spacial score (nSPS) is 11.9. The molecule has 0 radical (unpaired) electrons. The minimum atomic E-state index is -0.871. The number of H-pyrrole nitrogens is 1. The van der Waals surface area contributed by atoms with Gasteiger partial charge in [0.1, 0.15) is 11.8 Å². The zero-order valence-electron chi connectivity index (χ0n) is 11.7. The summed E-state index contributed by atoms with van der Waals surface area (Å²) in [6, 6.07) is 4.01. The molecule has 2 rings (SSSR count). The number of hydrogen-bond donors (Lipinski definition) is 3. The van der Waals surface area contributed by atoms with E-state index in [1.807, 2.05) is 0 Å². The van der Waals surface area contributed by atoms with Crippen LogP contribution < -0.4 is 5.32 Å². The van der Waals surface area contributed by atoms with Gasteiger partial charge in [0.25, 0.3) is 0 Å². The molecule has 0 aliphatic heterocycles. The molecule has 112 valence electrons. The molecular weight excluding hydrogens is 276 g/mol. The Balaban J connectivity index is 2.27. The Labute approximate surface area is 120 Å². The van der Waals surface area contributed by atoms with Gasteiger partial charge in [-0.25, -0.2) is 9.59 Å². The molecular formula is C14H16N2O5. The van der Waals surface area contributed by atoms with E-state index >= 15 is 0 Å². The lowest BCUT2D eigenvalue weighted by Gasteiger charge is -2.15. The van der Waals surface area contributed by atoms with Crippen LogP contribution in [-0.2, 0) is 20.7 Å². The van der Waals surface area contributed by atoms with Crippen molar-refractivity contribution in [1.29, 1.82) is 0 Å². The number of carbonyl (C=O) groups excluding carboxylic acids is 2. The van der Waals surface area contributed by atoms with Crippen LogP contribution in [0.1, 0.15) is 5.56 Å². The van der Waals surface area contributed by atoms with Crippen LogP contribution in [0.2, 0.25) is 0 Å². The van der Waals surface area contributed by atoms with E-state index in [1.54, 1.807) is 24.4 Å². The minimum absolute atomic E-state index is 0.124. The number of phenolic OH excluding ortho intramolecular Hbond substituents is 1. The SMILES string of the molecule is COC(=O)NC(Cc1c[nH]c2ccc(O)cc12)C(=O)OC. The lowest BCUT2D eigenvalue weighted by Crippen LogP contribution is -2.42. The maximum atomic E-state index is 11.7. The third kappa shape index (κ3) is 3.25. The van der Waals surface area contributed by atoms with E-state index in [4.69, 9.17) is 0 Å². The van der Waals surface area contributed by atoms with Crippen LogP contribution >= 0.6 is 0 Å². The lowest BCUT2D eigenvalue weighted by atomic mass is 10.0. The Morgan fingerprint density at radius 2 is 2.10 bits per heavy atom. The second-order valence-corrected chi connectivity index (χ2v) is 4.46. The Bertz CT molecular complexity index is 664. The quantitative estimate of drug-likeness (QED) is 0.738. The first-order valence-corrected chi connectivity index (χ1v) is 6.26. The van der Waals surface area contributed by atoms with Crippen molar-refractivity contribution in [2.75, 3.05) is 14.2 Å². The van der Waals surface area contributed by atoms with Crippen molar-refractivity contribution in [2.45, 2.75) is 12.5 Å². The van der Waals surface area contributed by atoms with Crippen molar-refractivity contribution in [2.24, 2.45) is 0 Å². The third-order valence-corrected chi connectivity index (χ3v) is 3.14. The average Bonchev–Trinajstić information content (AvgIpc) is 2.87. The van der Waals surface area contributed by atoms with Crippen molar-refractivity contribution in [3.05, 3.63) is 30.0 Å². The predicted molar refractivity (Wildman–Crippen MR) is 75.0 cm³/mol. The number of hydrogen-bond acceptors (Lipinski definition) is 5. The molecule has 7 nitrogen and oxygen atoms in total. The second-order valence-electron chi connectivity index (χ2n) is 4.46. The smallest absolute Gasteiger partial charge is 0.407 e. The highest BCUT2D eigenvalue weighted by molar-refractivity contribution is 5.86. The fraction of sp³-hybridized carbons (Fsp3) is 0.286. The first kappa shape index (κ1) is 14.7. The number of methoxy groups -OCH3 is 2. The van der Waals surface area contributed by atoms with E-state index in [1.165, 1.54) is 14.2 Å². The van der Waals surface area contributed by atoms with Crippen molar-refractivity contribution in [3.63, 3.8) is 0 Å². The van der Waals surface area contributed by atoms with Crippen molar-refractivity contribution < 1.29 is 24.2 Å². The first-order valence-electron chi connectivity index (χ1n) is 6.26. The fourth-order valence-electron chi connectivity index (χ4n) is 2.09. The molecule has 1 unspecified atom stereocenters. The summed E-state index contributed by atoms with van der Waals surface area (Å²) in [7, 11) is 2.46. The van der Waals surface area contributed by atoms with Gasteiger partial charge in [-0.15, -0.1) is 0 Å². The van der Waals surface area contributed by atoms with Gasteiger partial charge >= 0.3 is 12.1 Å². The highest BCUT2D eigenvalue weighted by Crippen LogP contribution is 2.24. The van der Waals surface area contributed by atoms with Crippen LogP contribution in [0.5, 0.6) is 5.75 Å². The van der Waals surface area contributed by atoms with Crippen LogP contribution in [0.4, 0.5) is 4.79 Å². The van der Waals surface area contributed by atoms with Gasteiger partial charge in [-0.1, -0.05) is 0 Å². The molecule has 0 fully saturated rings. The Morgan fingerprint density at radius 3 is 2.76 bits per heavy atom. The summed E-state index contributed by atoms with van der Waals surface area (Å²) in [6.45, 7) is 0. The molecule has 1 heterocycles. The standard InChI is InChI=1S/C14H16N2O5/c1-20-13(18)12(16-14(19)21-2)5-8-7-15-11-4-3-9(17)6-10(8)11/h3-4,6-7,12,15,17H,5H2,1-2H3,(H,16,19). The number of aromatic amines is 1. The Hall–Kier alpha value is -2.70. The monoisotopic (exact) mass is 292 g/mol. The molecule has 1 aromatic carbocycles. The molecule has 3 N–H and O–H groups in total.